The van der Waals surface area contributed by atoms with E-state index in [4.69, 9.17) is 0 Å². The first-order chi connectivity index (χ1) is 5.83. The van der Waals surface area contributed by atoms with Gasteiger partial charge in [0.05, 0.1) is 0 Å². The highest BCUT2D eigenvalue weighted by Gasteiger charge is 2.02. The maximum absolute atomic E-state index is 3.67. The van der Waals surface area contributed by atoms with Crippen molar-refractivity contribution in [2.75, 3.05) is 13.1 Å². The second-order valence-corrected chi connectivity index (χ2v) is 3.23. The summed E-state index contributed by atoms with van der Waals surface area (Å²) in [4.78, 5) is 0. The molecule has 0 unspecified atom stereocenters. The Hall–Kier alpha value is -0.820. The van der Waals surface area contributed by atoms with Crippen molar-refractivity contribution in [1.82, 2.24) is 5.32 Å². The molecule has 1 heterocycles. The highest BCUT2D eigenvalue weighted by molar-refractivity contribution is 5.26. The number of rotatable bonds is 2. The summed E-state index contributed by atoms with van der Waals surface area (Å²) in [6.45, 7) is 8.01. The number of piperidine rings is 1. The second kappa shape index (κ2) is 4.94. The molecule has 1 rings (SSSR count). The van der Waals surface area contributed by atoms with E-state index in [0.717, 1.165) is 6.54 Å². The SMILES string of the molecule is C=C/C=C(C)\C=C1\CCCNC1. The Kier molecular flexibility index (Phi) is 3.81. The van der Waals surface area contributed by atoms with Crippen molar-refractivity contribution >= 4 is 0 Å². The summed E-state index contributed by atoms with van der Waals surface area (Å²) < 4.78 is 0. The van der Waals surface area contributed by atoms with Gasteiger partial charge in [0.15, 0.2) is 0 Å². The van der Waals surface area contributed by atoms with Crippen molar-refractivity contribution in [3.63, 3.8) is 0 Å². The lowest BCUT2D eigenvalue weighted by molar-refractivity contribution is 0.609. The molecule has 0 aliphatic carbocycles. The van der Waals surface area contributed by atoms with Crippen molar-refractivity contribution < 1.29 is 0 Å². The molecule has 1 aliphatic heterocycles. The molecule has 0 amide bonds. The van der Waals surface area contributed by atoms with Gasteiger partial charge >= 0.3 is 0 Å². The van der Waals surface area contributed by atoms with Gasteiger partial charge in [-0.3, -0.25) is 0 Å². The van der Waals surface area contributed by atoms with Crippen LogP contribution in [0.15, 0.2) is 36.0 Å². The third-order valence-corrected chi connectivity index (χ3v) is 2.02. The topological polar surface area (TPSA) is 12.0 Å². The van der Waals surface area contributed by atoms with E-state index in [1.165, 1.54) is 30.5 Å². The van der Waals surface area contributed by atoms with Gasteiger partial charge in [-0.2, -0.15) is 0 Å². The summed E-state index contributed by atoms with van der Waals surface area (Å²) in [5.74, 6) is 0. The van der Waals surface area contributed by atoms with E-state index in [1.54, 1.807) is 0 Å². The summed E-state index contributed by atoms with van der Waals surface area (Å²) in [5.41, 5.74) is 2.81. The predicted molar refractivity (Wildman–Crippen MR) is 54.1 cm³/mol. The minimum atomic E-state index is 1.06. The Balaban J connectivity index is 2.53. The molecule has 1 fully saturated rings. The van der Waals surface area contributed by atoms with E-state index in [-0.39, 0.29) is 0 Å². The molecule has 12 heavy (non-hydrogen) atoms. The zero-order valence-electron chi connectivity index (χ0n) is 7.77. The molecule has 0 bridgehead atoms. The van der Waals surface area contributed by atoms with Gasteiger partial charge in [-0.15, -0.1) is 0 Å². The number of hydrogen-bond acceptors (Lipinski definition) is 1. The molecule has 0 radical (unpaired) electrons. The van der Waals surface area contributed by atoms with E-state index in [2.05, 4.69) is 24.9 Å². The average molecular weight is 163 g/mol. The maximum Gasteiger partial charge on any atom is 0.0167 e. The van der Waals surface area contributed by atoms with E-state index in [1.807, 2.05) is 12.2 Å². The summed E-state index contributed by atoms with van der Waals surface area (Å²) in [7, 11) is 0. The summed E-state index contributed by atoms with van der Waals surface area (Å²) >= 11 is 0. The molecule has 0 aromatic carbocycles. The molecule has 0 aromatic rings. The molecule has 0 atom stereocenters. The molecule has 1 nitrogen and oxygen atoms in total. The Labute approximate surface area is 74.9 Å². The van der Waals surface area contributed by atoms with Crippen LogP contribution in [-0.4, -0.2) is 13.1 Å². The molecule has 1 saturated heterocycles. The summed E-state index contributed by atoms with van der Waals surface area (Å²) in [5, 5.41) is 3.36. The second-order valence-electron chi connectivity index (χ2n) is 3.23. The van der Waals surface area contributed by atoms with E-state index in [0.29, 0.717) is 0 Å². The van der Waals surface area contributed by atoms with Crippen molar-refractivity contribution in [3.05, 3.63) is 36.0 Å². The van der Waals surface area contributed by atoms with Crippen molar-refractivity contribution in [3.8, 4) is 0 Å². The normalized spacial score (nSPS) is 22.8. The molecule has 1 heteroatoms. The predicted octanol–water partition coefficient (Wildman–Crippen LogP) is 2.43. The van der Waals surface area contributed by atoms with Crippen LogP contribution in [0.1, 0.15) is 19.8 Å². The first-order valence-electron chi connectivity index (χ1n) is 4.52. The molecule has 0 saturated carbocycles. The van der Waals surface area contributed by atoms with Crippen molar-refractivity contribution in [1.29, 1.82) is 0 Å². The van der Waals surface area contributed by atoms with E-state index in [9.17, 15) is 0 Å². The van der Waals surface area contributed by atoms with Crippen LogP contribution in [-0.2, 0) is 0 Å². The van der Waals surface area contributed by atoms with Crippen LogP contribution in [0.2, 0.25) is 0 Å². The van der Waals surface area contributed by atoms with Crippen LogP contribution < -0.4 is 5.32 Å². The molecule has 1 aliphatic rings. The fourth-order valence-corrected chi connectivity index (χ4v) is 1.46. The summed E-state index contributed by atoms with van der Waals surface area (Å²) in [6, 6.07) is 0. The van der Waals surface area contributed by atoms with Crippen LogP contribution in [0.3, 0.4) is 0 Å². The lowest BCUT2D eigenvalue weighted by atomic mass is 10.0. The molecule has 66 valence electrons. The van der Waals surface area contributed by atoms with E-state index >= 15 is 0 Å². The fraction of sp³-hybridized carbons (Fsp3) is 0.455. The molecule has 0 aromatic heterocycles. The zero-order valence-corrected chi connectivity index (χ0v) is 7.77. The molecule has 1 N–H and O–H groups in total. The van der Waals surface area contributed by atoms with E-state index < -0.39 is 0 Å². The smallest absolute Gasteiger partial charge is 0.0167 e. The standard InChI is InChI=1S/C11H17N/c1-3-5-10(2)8-11-6-4-7-12-9-11/h3,5,8,12H,1,4,6-7,9H2,2H3/b10-5-,11-8-. The largest absolute Gasteiger partial charge is 0.313 e. The quantitative estimate of drug-likeness (QED) is 0.616. The third-order valence-electron chi connectivity index (χ3n) is 2.02. The van der Waals surface area contributed by atoms with Gasteiger partial charge in [0.25, 0.3) is 0 Å². The van der Waals surface area contributed by atoms with Gasteiger partial charge in [-0.25, -0.2) is 0 Å². The van der Waals surface area contributed by atoms with Crippen LogP contribution >= 0.6 is 0 Å². The minimum absolute atomic E-state index is 1.06. The number of allylic oxidation sites excluding steroid dienone is 4. The maximum atomic E-state index is 3.67. The number of hydrogen-bond donors (Lipinski definition) is 1. The first kappa shape index (κ1) is 9.27. The Bertz CT molecular complexity index is 203. The fourth-order valence-electron chi connectivity index (χ4n) is 1.46. The average Bonchev–Trinajstić information content (AvgIpc) is 2.06. The zero-order chi connectivity index (χ0) is 8.81. The highest BCUT2D eigenvalue weighted by atomic mass is 14.9. The van der Waals surface area contributed by atoms with Crippen LogP contribution in [0.5, 0.6) is 0 Å². The minimum Gasteiger partial charge on any atom is -0.313 e. The van der Waals surface area contributed by atoms with Gasteiger partial charge in [-0.1, -0.05) is 36.0 Å². The van der Waals surface area contributed by atoms with Gasteiger partial charge in [0.1, 0.15) is 0 Å². The van der Waals surface area contributed by atoms with Crippen molar-refractivity contribution in [2.24, 2.45) is 0 Å². The lowest BCUT2D eigenvalue weighted by Gasteiger charge is -2.15. The molecular weight excluding hydrogens is 146 g/mol. The lowest BCUT2D eigenvalue weighted by Crippen LogP contribution is -2.23. The van der Waals surface area contributed by atoms with Crippen LogP contribution in [0.4, 0.5) is 0 Å². The monoisotopic (exact) mass is 163 g/mol. The van der Waals surface area contributed by atoms with Gasteiger partial charge in [0, 0.05) is 6.54 Å². The molecule has 0 spiro atoms. The first-order valence-corrected chi connectivity index (χ1v) is 4.52. The Morgan fingerprint density at radius 2 is 2.42 bits per heavy atom. The Morgan fingerprint density at radius 3 is 3.00 bits per heavy atom. The van der Waals surface area contributed by atoms with Crippen LogP contribution in [0.25, 0.3) is 0 Å². The van der Waals surface area contributed by atoms with Gasteiger partial charge < -0.3 is 5.32 Å². The van der Waals surface area contributed by atoms with Gasteiger partial charge in [0.2, 0.25) is 0 Å². The third kappa shape index (κ3) is 3.05. The molecular formula is C11H17N. The van der Waals surface area contributed by atoms with Crippen molar-refractivity contribution in [2.45, 2.75) is 19.8 Å². The highest BCUT2D eigenvalue weighted by Crippen LogP contribution is 2.11. The van der Waals surface area contributed by atoms with Crippen LogP contribution in [0, 0.1) is 0 Å². The number of nitrogens with one attached hydrogen (secondary N) is 1. The van der Waals surface area contributed by atoms with Gasteiger partial charge in [-0.05, 0) is 26.3 Å². The summed E-state index contributed by atoms with van der Waals surface area (Å²) in [6.07, 6.45) is 8.65. The Morgan fingerprint density at radius 1 is 1.58 bits per heavy atom.